The predicted octanol–water partition coefficient (Wildman–Crippen LogP) is 3.74. The van der Waals surface area contributed by atoms with Crippen molar-refractivity contribution in [2.24, 2.45) is 10.9 Å². The van der Waals surface area contributed by atoms with Crippen LogP contribution in [0.4, 0.5) is 0 Å². The normalized spacial score (nSPS) is 21.8. The highest BCUT2D eigenvalue weighted by Gasteiger charge is 2.23. The molecule has 1 aromatic carbocycles. The summed E-state index contributed by atoms with van der Waals surface area (Å²) in [6, 6.07) is 8.85. The number of piperidine rings is 2. The van der Waals surface area contributed by atoms with Gasteiger partial charge in [0.1, 0.15) is 5.75 Å². The van der Waals surface area contributed by atoms with Crippen molar-refractivity contribution in [2.75, 3.05) is 60.0 Å². The molecule has 31 heavy (non-hydrogen) atoms. The zero-order chi connectivity index (χ0) is 21.2. The summed E-state index contributed by atoms with van der Waals surface area (Å²) in [5.74, 6) is 2.56. The molecule has 0 aliphatic carbocycles. The lowest BCUT2D eigenvalue weighted by Gasteiger charge is -2.34. The van der Waals surface area contributed by atoms with Crippen molar-refractivity contribution in [3.63, 3.8) is 0 Å². The Labute approximate surface area is 206 Å². The lowest BCUT2D eigenvalue weighted by atomic mass is 9.98. The van der Waals surface area contributed by atoms with Crippen molar-refractivity contribution >= 4 is 29.9 Å². The van der Waals surface area contributed by atoms with Gasteiger partial charge < -0.3 is 20.3 Å². The van der Waals surface area contributed by atoms with Crippen LogP contribution in [0.5, 0.6) is 5.75 Å². The van der Waals surface area contributed by atoms with Crippen LogP contribution in [0.3, 0.4) is 0 Å². The molecule has 1 aromatic rings. The molecular weight excluding hydrogens is 501 g/mol. The number of nitrogens with one attached hydrogen (secondary N) is 2. The Balaban J connectivity index is 0.00000341. The summed E-state index contributed by atoms with van der Waals surface area (Å²) in [6.45, 7) is 9.50. The van der Waals surface area contributed by atoms with Crippen molar-refractivity contribution < 1.29 is 4.74 Å². The highest BCUT2D eigenvalue weighted by atomic mass is 127. The molecule has 0 spiro atoms. The van der Waals surface area contributed by atoms with Crippen LogP contribution in [0.25, 0.3) is 0 Å². The molecule has 2 N–H and O–H groups in total. The molecule has 2 unspecified atom stereocenters. The third-order valence-corrected chi connectivity index (χ3v) is 6.38. The van der Waals surface area contributed by atoms with Gasteiger partial charge in [0.2, 0.25) is 0 Å². The largest absolute Gasteiger partial charge is 0.497 e. The molecule has 176 valence electrons. The summed E-state index contributed by atoms with van der Waals surface area (Å²) < 4.78 is 5.36. The molecule has 6 nitrogen and oxygen atoms in total. The lowest BCUT2D eigenvalue weighted by molar-refractivity contribution is 0.167. The van der Waals surface area contributed by atoms with E-state index in [1.54, 1.807) is 7.11 Å². The first-order valence-electron chi connectivity index (χ1n) is 11.8. The summed E-state index contributed by atoms with van der Waals surface area (Å²) in [5, 5.41) is 7.06. The van der Waals surface area contributed by atoms with Crippen LogP contribution in [0.1, 0.15) is 50.6 Å². The number of benzene rings is 1. The zero-order valence-electron chi connectivity index (χ0n) is 19.6. The Morgan fingerprint density at radius 1 is 1.10 bits per heavy atom. The smallest absolute Gasteiger partial charge is 0.191 e. The second-order valence-electron chi connectivity index (χ2n) is 8.76. The second-order valence-corrected chi connectivity index (χ2v) is 8.76. The topological polar surface area (TPSA) is 52.1 Å². The minimum Gasteiger partial charge on any atom is -0.497 e. The molecule has 0 bridgehead atoms. The molecule has 0 saturated carbocycles. The van der Waals surface area contributed by atoms with Gasteiger partial charge in [-0.25, -0.2) is 0 Å². The number of ether oxygens (including phenoxy) is 1. The fraction of sp³-hybridized carbons (Fsp3) is 0.708. The molecule has 2 aliphatic heterocycles. The van der Waals surface area contributed by atoms with Gasteiger partial charge in [0.25, 0.3) is 0 Å². The third kappa shape index (κ3) is 8.42. The van der Waals surface area contributed by atoms with Crippen molar-refractivity contribution in [2.45, 2.75) is 45.1 Å². The van der Waals surface area contributed by atoms with E-state index in [9.17, 15) is 0 Å². The number of hydrogen-bond donors (Lipinski definition) is 2. The molecule has 2 fully saturated rings. The first kappa shape index (κ1) is 26.2. The number of methoxy groups -OCH3 is 1. The van der Waals surface area contributed by atoms with Crippen LogP contribution in [-0.4, -0.2) is 75.7 Å². The van der Waals surface area contributed by atoms with Gasteiger partial charge in [-0.05, 0) is 82.9 Å². The quantitative estimate of drug-likeness (QED) is 0.298. The maximum absolute atomic E-state index is 5.36. The van der Waals surface area contributed by atoms with Gasteiger partial charge in [-0.15, -0.1) is 24.0 Å². The van der Waals surface area contributed by atoms with Gasteiger partial charge in [0, 0.05) is 19.6 Å². The van der Waals surface area contributed by atoms with Crippen LogP contribution in [-0.2, 0) is 0 Å². The Bertz CT molecular complexity index is 648. The predicted molar refractivity (Wildman–Crippen MR) is 141 cm³/mol. The lowest BCUT2D eigenvalue weighted by Crippen LogP contribution is -2.44. The molecular formula is C24H42IN5O. The van der Waals surface area contributed by atoms with Crippen molar-refractivity contribution in [3.8, 4) is 5.75 Å². The number of halogens is 1. The minimum absolute atomic E-state index is 0. The highest BCUT2D eigenvalue weighted by Crippen LogP contribution is 2.26. The van der Waals surface area contributed by atoms with Gasteiger partial charge in [-0.1, -0.05) is 18.6 Å². The van der Waals surface area contributed by atoms with E-state index in [2.05, 4.69) is 58.7 Å². The van der Waals surface area contributed by atoms with Crippen LogP contribution in [0, 0.1) is 5.92 Å². The number of likely N-dealkylation sites (tertiary alicyclic amines) is 2. The van der Waals surface area contributed by atoms with Crippen molar-refractivity contribution in [1.29, 1.82) is 0 Å². The molecule has 0 aromatic heterocycles. The van der Waals surface area contributed by atoms with Gasteiger partial charge in [-0.3, -0.25) is 9.89 Å². The molecule has 2 aliphatic rings. The third-order valence-electron chi connectivity index (χ3n) is 6.38. The van der Waals surface area contributed by atoms with Gasteiger partial charge >= 0.3 is 0 Å². The van der Waals surface area contributed by atoms with E-state index in [0.717, 1.165) is 44.4 Å². The summed E-state index contributed by atoms with van der Waals surface area (Å²) in [7, 11) is 3.95. The molecule has 0 amide bonds. The van der Waals surface area contributed by atoms with Crippen LogP contribution in [0.15, 0.2) is 29.3 Å². The highest BCUT2D eigenvalue weighted by molar-refractivity contribution is 14.0. The van der Waals surface area contributed by atoms with Crippen molar-refractivity contribution in [3.05, 3.63) is 29.8 Å². The number of nitrogens with zero attached hydrogens (tertiary/aromatic N) is 3. The fourth-order valence-corrected chi connectivity index (χ4v) is 4.69. The SMILES string of the molecule is CCNC(=NCC(c1ccc(OC)cc1)N1CCCCC1)NCC1CCCN(C)C1.I. The summed E-state index contributed by atoms with van der Waals surface area (Å²) in [4.78, 5) is 10.1. The Kier molecular flexibility index (Phi) is 12.0. The van der Waals surface area contributed by atoms with Gasteiger partial charge in [0.05, 0.1) is 19.7 Å². The first-order valence-corrected chi connectivity index (χ1v) is 11.8. The molecule has 7 heteroatoms. The van der Waals surface area contributed by atoms with E-state index >= 15 is 0 Å². The minimum atomic E-state index is 0. The standard InChI is InChI=1S/C24H41N5O.HI/c1-4-25-24(26-17-20-9-8-14-28(2)19-20)27-18-23(29-15-6-5-7-16-29)21-10-12-22(30-3)13-11-21;/h10-13,20,23H,4-9,14-19H2,1-3H3,(H2,25,26,27);1H. The van der Waals surface area contributed by atoms with Gasteiger partial charge in [-0.2, -0.15) is 0 Å². The molecule has 0 radical (unpaired) electrons. The Hall–Kier alpha value is -1.06. The molecule has 2 heterocycles. The van der Waals surface area contributed by atoms with E-state index in [1.165, 1.54) is 50.8 Å². The fourth-order valence-electron chi connectivity index (χ4n) is 4.69. The Morgan fingerprint density at radius 2 is 1.84 bits per heavy atom. The molecule has 3 rings (SSSR count). The number of hydrogen-bond acceptors (Lipinski definition) is 4. The van der Waals surface area contributed by atoms with Crippen LogP contribution < -0.4 is 15.4 Å². The van der Waals surface area contributed by atoms with E-state index < -0.39 is 0 Å². The van der Waals surface area contributed by atoms with E-state index in [1.807, 2.05) is 0 Å². The molecule has 2 saturated heterocycles. The van der Waals surface area contributed by atoms with Crippen molar-refractivity contribution in [1.82, 2.24) is 20.4 Å². The second kappa shape index (κ2) is 14.2. The van der Waals surface area contributed by atoms with E-state index in [0.29, 0.717) is 12.0 Å². The summed E-state index contributed by atoms with van der Waals surface area (Å²) in [5.41, 5.74) is 1.33. The zero-order valence-corrected chi connectivity index (χ0v) is 21.9. The van der Waals surface area contributed by atoms with E-state index in [4.69, 9.17) is 9.73 Å². The maximum Gasteiger partial charge on any atom is 0.191 e. The van der Waals surface area contributed by atoms with Gasteiger partial charge in [0.15, 0.2) is 5.96 Å². The van der Waals surface area contributed by atoms with Crippen LogP contribution >= 0.6 is 24.0 Å². The number of guanidine groups is 1. The first-order chi connectivity index (χ1) is 14.7. The Morgan fingerprint density at radius 3 is 2.48 bits per heavy atom. The number of aliphatic imine (C=N–C) groups is 1. The molecule has 2 atom stereocenters. The average Bonchev–Trinajstić information content (AvgIpc) is 2.78. The average molecular weight is 544 g/mol. The van der Waals surface area contributed by atoms with Crippen LogP contribution in [0.2, 0.25) is 0 Å². The summed E-state index contributed by atoms with van der Waals surface area (Å²) in [6.07, 6.45) is 6.51. The van der Waals surface area contributed by atoms with E-state index in [-0.39, 0.29) is 24.0 Å². The maximum atomic E-state index is 5.36. The number of rotatable bonds is 8. The monoisotopic (exact) mass is 543 g/mol. The summed E-state index contributed by atoms with van der Waals surface area (Å²) >= 11 is 0.